The lowest BCUT2D eigenvalue weighted by molar-refractivity contribution is 0.0218. The highest BCUT2D eigenvalue weighted by Gasteiger charge is 2.31. The number of ether oxygens (including phenoxy) is 2. The van der Waals surface area contributed by atoms with Gasteiger partial charge in [-0.3, -0.25) is 9.36 Å². The Labute approximate surface area is 284 Å². The van der Waals surface area contributed by atoms with Crippen LogP contribution in [0.25, 0.3) is 22.6 Å². The summed E-state index contributed by atoms with van der Waals surface area (Å²) in [6, 6.07) is 25.9. The molecule has 0 N–H and O–H groups in total. The molecule has 1 amide bonds. The van der Waals surface area contributed by atoms with Gasteiger partial charge in [-0.25, -0.2) is 14.0 Å². The largest absolute Gasteiger partial charge is 0.497 e. The van der Waals surface area contributed by atoms with Crippen LogP contribution >= 0.6 is 0 Å². The third kappa shape index (κ3) is 6.31. The van der Waals surface area contributed by atoms with E-state index in [2.05, 4.69) is 22.4 Å². The summed E-state index contributed by atoms with van der Waals surface area (Å²) in [5.74, 6) is 0.798. The Balaban J connectivity index is 1.29. The Bertz CT molecular complexity index is 2190. The van der Waals surface area contributed by atoms with Crippen LogP contribution in [-0.2, 0) is 30.7 Å². The van der Waals surface area contributed by atoms with Crippen LogP contribution in [0.1, 0.15) is 54.4 Å². The molecule has 0 unspecified atom stereocenters. The van der Waals surface area contributed by atoms with E-state index in [1.807, 2.05) is 110 Å². The molecule has 1 aliphatic rings. The van der Waals surface area contributed by atoms with Crippen LogP contribution in [0.2, 0.25) is 0 Å². The number of rotatable bonds is 7. The van der Waals surface area contributed by atoms with E-state index in [1.165, 1.54) is 0 Å². The van der Waals surface area contributed by atoms with E-state index in [4.69, 9.17) is 14.6 Å². The molecule has 1 aliphatic heterocycles. The van der Waals surface area contributed by atoms with Gasteiger partial charge in [-0.1, -0.05) is 59.8 Å². The summed E-state index contributed by atoms with van der Waals surface area (Å²) in [5, 5.41) is 13.6. The van der Waals surface area contributed by atoms with E-state index in [1.54, 1.807) is 16.6 Å². The van der Waals surface area contributed by atoms with Crippen LogP contribution in [0.4, 0.5) is 4.79 Å². The number of hydrogen-bond donors (Lipinski definition) is 0. The first kappa shape index (κ1) is 31.9. The average molecular weight is 658 g/mol. The SMILES string of the molecule is COc1ccc(Cn2nnc(C)c2-c2ccc(-n3c(=O)c4c(n5ncc(Cc6ccccc6)c35)CN(C(=O)OC(C)(C)C)CC4)cc2)cc1. The van der Waals surface area contributed by atoms with Crippen molar-refractivity contribution in [2.24, 2.45) is 0 Å². The van der Waals surface area contributed by atoms with Gasteiger partial charge in [0.1, 0.15) is 17.0 Å². The minimum absolute atomic E-state index is 0.115. The third-order valence-electron chi connectivity index (χ3n) is 8.75. The molecular formula is C38H39N7O4. The van der Waals surface area contributed by atoms with Gasteiger partial charge in [0.25, 0.3) is 5.56 Å². The zero-order valence-electron chi connectivity index (χ0n) is 28.4. The molecular weight excluding hydrogens is 618 g/mol. The van der Waals surface area contributed by atoms with Gasteiger partial charge in [0.05, 0.1) is 49.2 Å². The number of fused-ring (bicyclic) bond motifs is 3. The Morgan fingerprint density at radius 1 is 0.939 bits per heavy atom. The van der Waals surface area contributed by atoms with Gasteiger partial charge in [0.2, 0.25) is 0 Å². The molecule has 0 fully saturated rings. The molecule has 7 rings (SSSR count). The van der Waals surface area contributed by atoms with Gasteiger partial charge in [-0.05, 0) is 69.5 Å². The second kappa shape index (κ2) is 12.7. The number of carbonyl (C=O) groups is 1. The summed E-state index contributed by atoms with van der Waals surface area (Å²) < 4.78 is 16.5. The summed E-state index contributed by atoms with van der Waals surface area (Å²) >= 11 is 0. The summed E-state index contributed by atoms with van der Waals surface area (Å²) in [6.07, 6.45) is 2.40. The van der Waals surface area contributed by atoms with E-state index in [0.717, 1.165) is 45.1 Å². The van der Waals surface area contributed by atoms with Crippen molar-refractivity contribution in [2.45, 2.75) is 59.2 Å². The van der Waals surface area contributed by atoms with Crippen molar-refractivity contribution in [1.82, 2.24) is 34.1 Å². The summed E-state index contributed by atoms with van der Waals surface area (Å²) in [4.78, 5) is 29.2. The normalized spacial score (nSPS) is 13.0. The summed E-state index contributed by atoms with van der Waals surface area (Å²) in [7, 11) is 1.65. The molecule has 0 saturated heterocycles. The molecule has 49 heavy (non-hydrogen) atoms. The molecule has 0 spiro atoms. The average Bonchev–Trinajstić information content (AvgIpc) is 3.67. The smallest absolute Gasteiger partial charge is 0.410 e. The Morgan fingerprint density at radius 3 is 2.37 bits per heavy atom. The molecule has 0 atom stereocenters. The number of benzene rings is 3. The first-order chi connectivity index (χ1) is 23.6. The standard InChI is InChI=1S/C38H39N7O4/c1-25-34(43(41-40-25)23-27-11-17-31(48-5)18-12-27)28-13-15-30(16-14-28)44-35-29(21-26-9-7-6-8-10-26)22-39-45(35)33-24-42(20-19-32(33)36(44)46)37(47)49-38(2,3)4/h6-18,22H,19-21,23-24H2,1-5H3. The molecule has 4 heterocycles. The highest BCUT2D eigenvalue weighted by atomic mass is 16.6. The van der Waals surface area contributed by atoms with Crippen molar-refractivity contribution in [2.75, 3.05) is 13.7 Å². The maximum atomic E-state index is 14.5. The number of aromatic nitrogens is 6. The molecule has 11 nitrogen and oxygen atoms in total. The minimum atomic E-state index is -0.626. The quantitative estimate of drug-likeness (QED) is 0.207. The number of aryl methyl sites for hydroxylation is 1. The molecule has 6 aromatic rings. The minimum Gasteiger partial charge on any atom is -0.497 e. The molecule has 11 heteroatoms. The van der Waals surface area contributed by atoms with Crippen LogP contribution in [0.15, 0.2) is 89.9 Å². The fourth-order valence-corrected chi connectivity index (χ4v) is 6.42. The fourth-order valence-electron chi connectivity index (χ4n) is 6.42. The molecule has 0 aliphatic carbocycles. The maximum absolute atomic E-state index is 14.5. The zero-order chi connectivity index (χ0) is 34.3. The molecule has 250 valence electrons. The predicted octanol–water partition coefficient (Wildman–Crippen LogP) is 5.99. The van der Waals surface area contributed by atoms with E-state index in [9.17, 15) is 9.59 Å². The second-order valence-corrected chi connectivity index (χ2v) is 13.4. The molecule has 0 saturated carbocycles. The Morgan fingerprint density at radius 2 is 1.67 bits per heavy atom. The Hall–Kier alpha value is -5.71. The van der Waals surface area contributed by atoms with Gasteiger partial charge in [0.15, 0.2) is 0 Å². The molecule has 3 aromatic heterocycles. The summed E-state index contributed by atoms with van der Waals surface area (Å²) in [5.41, 5.74) is 7.73. The molecule has 3 aromatic carbocycles. The van der Waals surface area contributed by atoms with Gasteiger partial charge in [-0.2, -0.15) is 5.10 Å². The highest BCUT2D eigenvalue weighted by Crippen LogP contribution is 2.28. The van der Waals surface area contributed by atoms with E-state index in [-0.39, 0.29) is 12.1 Å². The van der Waals surface area contributed by atoms with Gasteiger partial charge < -0.3 is 14.4 Å². The lowest BCUT2D eigenvalue weighted by atomic mass is 10.0. The van der Waals surface area contributed by atoms with Gasteiger partial charge in [-0.15, -0.1) is 5.10 Å². The third-order valence-corrected chi connectivity index (χ3v) is 8.75. The first-order valence-electron chi connectivity index (χ1n) is 16.4. The maximum Gasteiger partial charge on any atom is 0.410 e. The van der Waals surface area contributed by atoms with Crippen LogP contribution in [0.5, 0.6) is 5.75 Å². The van der Waals surface area contributed by atoms with Crippen molar-refractivity contribution in [3.05, 3.63) is 129 Å². The van der Waals surface area contributed by atoms with Crippen LogP contribution < -0.4 is 10.3 Å². The van der Waals surface area contributed by atoms with Crippen LogP contribution in [0.3, 0.4) is 0 Å². The van der Waals surface area contributed by atoms with E-state index in [0.29, 0.717) is 42.8 Å². The van der Waals surface area contributed by atoms with Crippen molar-refractivity contribution >= 4 is 11.7 Å². The predicted molar refractivity (Wildman–Crippen MR) is 186 cm³/mol. The van der Waals surface area contributed by atoms with E-state index < -0.39 is 11.7 Å². The lowest BCUT2D eigenvalue weighted by Gasteiger charge is -2.31. The lowest BCUT2D eigenvalue weighted by Crippen LogP contribution is -2.43. The first-order valence-corrected chi connectivity index (χ1v) is 16.4. The van der Waals surface area contributed by atoms with Gasteiger partial charge >= 0.3 is 6.09 Å². The Kier molecular flexibility index (Phi) is 8.27. The van der Waals surface area contributed by atoms with Crippen molar-refractivity contribution < 1.29 is 14.3 Å². The molecule has 0 bridgehead atoms. The number of carbonyl (C=O) groups excluding carboxylic acids is 1. The van der Waals surface area contributed by atoms with Crippen molar-refractivity contribution in [3.63, 3.8) is 0 Å². The number of methoxy groups -OCH3 is 1. The second-order valence-electron chi connectivity index (χ2n) is 13.4. The zero-order valence-corrected chi connectivity index (χ0v) is 28.4. The number of hydrogen-bond acceptors (Lipinski definition) is 7. The number of nitrogens with zero attached hydrogens (tertiary/aromatic N) is 7. The summed E-state index contributed by atoms with van der Waals surface area (Å²) in [6.45, 7) is 8.65. The van der Waals surface area contributed by atoms with Crippen molar-refractivity contribution in [3.8, 4) is 22.7 Å². The van der Waals surface area contributed by atoms with Crippen molar-refractivity contribution in [1.29, 1.82) is 0 Å². The topological polar surface area (TPSA) is 109 Å². The monoisotopic (exact) mass is 657 g/mol. The number of amides is 1. The fraction of sp³-hybridized carbons (Fsp3) is 0.289. The van der Waals surface area contributed by atoms with Crippen LogP contribution in [0, 0.1) is 6.92 Å². The molecule has 0 radical (unpaired) electrons. The van der Waals surface area contributed by atoms with E-state index >= 15 is 0 Å². The van der Waals surface area contributed by atoms with Gasteiger partial charge in [0, 0.05) is 29.7 Å². The highest BCUT2D eigenvalue weighted by molar-refractivity contribution is 5.69. The van der Waals surface area contributed by atoms with Crippen LogP contribution in [-0.4, -0.2) is 59.4 Å².